The summed E-state index contributed by atoms with van der Waals surface area (Å²) in [6, 6.07) is 0. The van der Waals surface area contributed by atoms with Crippen LogP contribution < -0.4 is 4.90 Å². The first-order chi connectivity index (χ1) is 9.45. The second-order valence-electron chi connectivity index (χ2n) is 6.86. The summed E-state index contributed by atoms with van der Waals surface area (Å²) in [5.74, 6) is 0. The highest BCUT2D eigenvalue weighted by atomic mass is 32.1. The van der Waals surface area contributed by atoms with Crippen LogP contribution in [0.25, 0.3) is 0 Å². The van der Waals surface area contributed by atoms with Gasteiger partial charge in [-0.2, -0.15) is 0 Å². The van der Waals surface area contributed by atoms with Crippen molar-refractivity contribution in [3.05, 3.63) is 10.6 Å². The van der Waals surface area contributed by atoms with E-state index in [1.54, 1.807) is 11.3 Å². The average Bonchev–Trinajstić information content (AvgIpc) is 2.83. The van der Waals surface area contributed by atoms with Crippen molar-refractivity contribution in [3.8, 4) is 0 Å². The molecule has 1 saturated heterocycles. The predicted octanol–water partition coefficient (Wildman–Crippen LogP) is 2.43. The number of rotatable bonds is 1. The summed E-state index contributed by atoms with van der Waals surface area (Å²) < 4.78 is 0. The van der Waals surface area contributed by atoms with E-state index in [0.29, 0.717) is 0 Å². The second kappa shape index (κ2) is 5.28. The fourth-order valence-electron chi connectivity index (χ4n) is 3.09. The SMILES string of the molecule is CC(C)(C)N1CCN(c2nc3c(s2)CCCC3O)CC1. The minimum absolute atomic E-state index is 0.254. The van der Waals surface area contributed by atoms with Crippen LogP contribution in [-0.2, 0) is 6.42 Å². The smallest absolute Gasteiger partial charge is 0.185 e. The van der Waals surface area contributed by atoms with Gasteiger partial charge in [0, 0.05) is 36.6 Å². The molecule has 1 atom stereocenters. The molecule has 1 unspecified atom stereocenters. The Morgan fingerprint density at radius 1 is 1.20 bits per heavy atom. The quantitative estimate of drug-likeness (QED) is 0.864. The van der Waals surface area contributed by atoms with Gasteiger partial charge in [-0.05, 0) is 40.0 Å². The number of hydrogen-bond acceptors (Lipinski definition) is 5. The molecule has 2 heterocycles. The Morgan fingerprint density at radius 3 is 2.50 bits per heavy atom. The number of piperazine rings is 1. The predicted molar refractivity (Wildman–Crippen MR) is 83.6 cm³/mol. The summed E-state index contributed by atoms with van der Waals surface area (Å²) in [4.78, 5) is 10.9. The van der Waals surface area contributed by atoms with E-state index in [1.165, 1.54) is 4.88 Å². The molecule has 1 fully saturated rings. The van der Waals surface area contributed by atoms with Crippen molar-refractivity contribution in [2.75, 3.05) is 31.1 Å². The molecule has 3 rings (SSSR count). The molecule has 20 heavy (non-hydrogen) atoms. The van der Waals surface area contributed by atoms with Crippen LogP contribution in [0.2, 0.25) is 0 Å². The van der Waals surface area contributed by atoms with E-state index in [-0.39, 0.29) is 11.6 Å². The minimum atomic E-state index is -0.334. The lowest BCUT2D eigenvalue weighted by Crippen LogP contribution is -2.53. The first-order valence-corrected chi connectivity index (χ1v) is 8.44. The maximum absolute atomic E-state index is 10.0. The molecule has 0 spiro atoms. The lowest BCUT2D eigenvalue weighted by Gasteiger charge is -2.42. The molecule has 112 valence electrons. The monoisotopic (exact) mass is 295 g/mol. The molecular weight excluding hydrogens is 270 g/mol. The Balaban J connectivity index is 1.70. The fourth-order valence-corrected chi connectivity index (χ4v) is 4.30. The third-order valence-corrected chi connectivity index (χ3v) is 5.60. The van der Waals surface area contributed by atoms with Gasteiger partial charge in [0.2, 0.25) is 0 Å². The van der Waals surface area contributed by atoms with Crippen molar-refractivity contribution >= 4 is 16.5 Å². The molecule has 0 radical (unpaired) electrons. The zero-order valence-electron chi connectivity index (χ0n) is 12.7. The molecule has 0 bridgehead atoms. The summed E-state index contributed by atoms with van der Waals surface area (Å²) in [5, 5.41) is 11.2. The van der Waals surface area contributed by atoms with Gasteiger partial charge >= 0.3 is 0 Å². The molecule has 4 nitrogen and oxygen atoms in total. The number of nitrogens with zero attached hydrogens (tertiary/aromatic N) is 3. The Bertz CT molecular complexity index is 472. The summed E-state index contributed by atoms with van der Waals surface area (Å²) in [6.45, 7) is 11.1. The van der Waals surface area contributed by atoms with E-state index in [0.717, 1.165) is 56.3 Å². The number of aryl methyl sites for hydroxylation is 1. The van der Waals surface area contributed by atoms with Gasteiger partial charge in [0.1, 0.15) is 0 Å². The van der Waals surface area contributed by atoms with Gasteiger partial charge < -0.3 is 10.0 Å². The third kappa shape index (κ3) is 2.71. The summed E-state index contributed by atoms with van der Waals surface area (Å²) in [5.41, 5.74) is 1.21. The standard InChI is InChI=1S/C15H25N3OS/c1-15(2,3)18-9-7-17(8-10-18)14-16-13-11(19)5-4-6-12(13)20-14/h11,19H,4-10H2,1-3H3. The molecule has 5 heteroatoms. The van der Waals surface area contributed by atoms with E-state index >= 15 is 0 Å². The number of aromatic nitrogens is 1. The summed E-state index contributed by atoms with van der Waals surface area (Å²) >= 11 is 1.79. The van der Waals surface area contributed by atoms with Crippen LogP contribution in [0, 0.1) is 0 Å². The summed E-state index contributed by atoms with van der Waals surface area (Å²) in [7, 11) is 0. The number of anilines is 1. The normalized spacial score (nSPS) is 24.8. The molecule has 0 amide bonds. The number of thiazole rings is 1. The third-order valence-electron chi connectivity index (χ3n) is 4.41. The van der Waals surface area contributed by atoms with Crippen LogP contribution in [0.1, 0.15) is 50.3 Å². The first-order valence-electron chi connectivity index (χ1n) is 7.63. The highest BCUT2D eigenvalue weighted by Crippen LogP contribution is 2.37. The molecular formula is C15H25N3OS. The van der Waals surface area contributed by atoms with Crippen LogP contribution in [-0.4, -0.2) is 46.7 Å². The van der Waals surface area contributed by atoms with Crippen molar-refractivity contribution in [1.82, 2.24) is 9.88 Å². The van der Waals surface area contributed by atoms with Gasteiger partial charge in [-0.1, -0.05) is 0 Å². The van der Waals surface area contributed by atoms with E-state index in [4.69, 9.17) is 4.98 Å². The van der Waals surface area contributed by atoms with E-state index < -0.39 is 0 Å². The van der Waals surface area contributed by atoms with Gasteiger partial charge in [0.05, 0.1) is 11.8 Å². The van der Waals surface area contributed by atoms with Crippen molar-refractivity contribution in [2.24, 2.45) is 0 Å². The van der Waals surface area contributed by atoms with Gasteiger partial charge in [-0.25, -0.2) is 4.98 Å². The fraction of sp³-hybridized carbons (Fsp3) is 0.800. The van der Waals surface area contributed by atoms with Crippen LogP contribution >= 0.6 is 11.3 Å². The Labute approximate surface area is 125 Å². The molecule has 1 aromatic rings. The topological polar surface area (TPSA) is 39.6 Å². The Hall–Kier alpha value is -0.650. The largest absolute Gasteiger partial charge is 0.387 e. The second-order valence-corrected chi connectivity index (χ2v) is 7.92. The zero-order chi connectivity index (χ0) is 14.3. The van der Waals surface area contributed by atoms with Crippen LogP contribution in [0.4, 0.5) is 5.13 Å². The average molecular weight is 295 g/mol. The number of aliphatic hydroxyl groups is 1. The van der Waals surface area contributed by atoms with Crippen molar-refractivity contribution in [3.63, 3.8) is 0 Å². The molecule has 1 aromatic heterocycles. The maximum Gasteiger partial charge on any atom is 0.185 e. The zero-order valence-corrected chi connectivity index (χ0v) is 13.5. The molecule has 1 aliphatic heterocycles. The maximum atomic E-state index is 10.0. The van der Waals surface area contributed by atoms with E-state index in [2.05, 4.69) is 30.6 Å². The first kappa shape index (κ1) is 14.3. The minimum Gasteiger partial charge on any atom is -0.387 e. The van der Waals surface area contributed by atoms with Gasteiger partial charge in [-0.3, -0.25) is 4.90 Å². The lowest BCUT2D eigenvalue weighted by atomic mass is 10.0. The highest BCUT2D eigenvalue weighted by molar-refractivity contribution is 7.15. The van der Waals surface area contributed by atoms with Crippen molar-refractivity contribution < 1.29 is 5.11 Å². The van der Waals surface area contributed by atoms with E-state index in [9.17, 15) is 5.11 Å². The van der Waals surface area contributed by atoms with Crippen LogP contribution in [0.5, 0.6) is 0 Å². The van der Waals surface area contributed by atoms with Gasteiger partial charge in [0.15, 0.2) is 5.13 Å². The van der Waals surface area contributed by atoms with Crippen molar-refractivity contribution in [2.45, 2.75) is 51.7 Å². The van der Waals surface area contributed by atoms with E-state index in [1.807, 2.05) is 0 Å². The molecule has 1 aliphatic carbocycles. The highest BCUT2D eigenvalue weighted by Gasteiger charge is 2.29. The molecule has 0 aromatic carbocycles. The molecule has 0 saturated carbocycles. The van der Waals surface area contributed by atoms with Gasteiger partial charge in [0.25, 0.3) is 0 Å². The lowest BCUT2D eigenvalue weighted by molar-refractivity contribution is 0.128. The Kier molecular flexibility index (Phi) is 3.77. The molecule has 1 N–H and O–H groups in total. The summed E-state index contributed by atoms with van der Waals surface area (Å²) in [6.07, 6.45) is 2.72. The van der Waals surface area contributed by atoms with Gasteiger partial charge in [-0.15, -0.1) is 11.3 Å². The van der Waals surface area contributed by atoms with Crippen LogP contribution in [0.15, 0.2) is 0 Å². The number of aliphatic hydroxyl groups excluding tert-OH is 1. The molecule has 2 aliphatic rings. The number of fused-ring (bicyclic) bond motifs is 1. The van der Waals surface area contributed by atoms with Crippen molar-refractivity contribution in [1.29, 1.82) is 0 Å². The Morgan fingerprint density at radius 2 is 1.90 bits per heavy atom. The van der Waals surface area contributed by atoms with Crippen LogP contribution in [0.3, 0.4) is 0 Å². The number of hydrogen-bond donors (Lipinski definition) is 1.